The molecule has 0 aromatic heterocycles. The van der Waals surface area contributed by atoms with Crippen molar-refractivity contribution in [2.75, 3.05) is 13.1 Å². The second-order valence-corrected chi connectivity index (χ2v) is 5.98. The monoisotopic (exact) mass is 342 g/mol. The molecule has 3 nitrogen and oxygen atoms in total. The van der Waals surface area contributed by atoms with Crippen LogP contribution in [0.4, 0.5) is 4.39 Å². The Hall–Kier alpha value is -0.940. The van der Waals surface area contributed by atoms with Crippen LogP contribution in [0.15, 0.2) is 22.7 Å². The van der Waals surface area contributed by atoms with Crippen molar-refractivity contribution in [2.24, 2.45) is 11.7 Å². The van der Waals surface area contributed by atoms with Crippen molar-refractivity contribution in [2.45, 2.75) is 32.2 Å². The summed E-state index contributed by atoms with van der Waals surface area (Å²) in [6.07, 6.45) is 3.14. The zero-order valence-electron chi connectivity index (χ0n) is 11.6. The third kappa shape index (κ3) is 2.88. The van der Waals surface area contributed by atoms with Gasteiger partial charge >= 0.3 is 0 Å². The normalized spacial score (nSPS) is 22.0. The van der Waals surface area contributed by atoms with E-state index in [-0.39, 0.29) is 16.4 Å². The fourth-order valence-electron chi connectivity index (χ4n) is 3.05. The highest BCUT2D eigenvalue weighted by Crippen LogP contribution is 2.31. The van der Waals surface area contributed by atoms with E-state index in [1.807, 2.05) is 11.8 Å². The van der Waals surface area contributed by atoms with E-state index in [2.05, 4.69) is 15.9 Å². The lowest BCUT2D eigenvalue weighted by atomic mass is 10.0. The number of halogens is 2. The number of amides is 1. The number of nitrogens with two attached hydrogens (primary N) is 1. The highest BCUT2D eigenvalue weighted by molar-refractivity contribution is 9.10. The molecule has 0 saturated heterocycles. The minimum atomic E-state index is -0.409. The molecule has 1 aliphatic rings. The Bertz CT molecular complexity index is 495. The molecule has 5 heteroatoms. The number of carbonyl (C=O) groups excluding carboxylic acids is 1. The summed E-state index contributed by atoms with van der Waals surface area (Å²) in [6.45, 7) is 3.17. The van der Waals surface area contributed by atoms with Crippen LogP contribution in [-0.4, -0.2) is 29.9 Å². The molecule has 0 spiro atoms. The van der Waals surface area contributed by atoms with Gasteiger partial charge in [0.25, 0.3) is 5.91 Å². The summed E-state index contributed by atoms with van der Waals surface area (Å²) >= 11 is 3.17. The van der Waals surface area contributed by atoms with Crippen LogP contribution in [0.3, 0.4) is 0 Å². The Balaban J connectivity index is 2.27. The van der Waals surface area contributed by atoms with Crippen molar-refractivity contribution in [3.8, 4) is 0 Å². The van der Waals surface area contributed by atoms with Crippen molar-refractivity contribution in [1.29, 1.82) is 0 Å². The third-order valence-electron chi connectivity index (χ3n) is 4.11. The van der Waals surface area contributed by atoms with Gasteiger partial charge in [-0.05, 0) is 60.3 Å². The van der Waals surface area contributed by atoms with E-state index in [1.54, 1.807) is 12.1 Å². The van der Waals surface area contributed by atoms with Crippen molar-refractivity contribution < 1.29 is 9.18 Å². The highest BCUT2D eigenvalue weighted by Gasteiger charge is 2.34. The maximum Gasteiger partial charge on any atom is 0.255 e. The molecule has 0 heterocycles. The molecule has 2 atom stereocenters. The molecule has 2 N–H and O–H groups in total. The Morgan fingerprint density at radius 2 is 2.25 bits per heavy atom. The maximum absolute atomic E-state index is 13.6. The topological polar surface area (TPSA) is 46.3 Å². The highest BCUT2D eigenvalue weighted by atomic mass is 79.9. The predicted octanol–water partition coefficient (Wildman–Crippen LogP) is 3.18. The van der Waals surface area contributed by atoms with Crippen LogP contribution >= 0.6 is 15.9 Å². The largest absolute Gasteiger partial charge is 0.336 e. The fraction of sp³-hybridized carbons (Fsp3) is 0.533. The first-order valence-corrected chi connectivity index (χ1v) is 7.84. The van der Waals surface area contributed by atoms with Crippen LogP contribution < -0.4 is 5.73 Å². The zero-order chi connectivity index (χ0) is 14.7. The maximum atomic E-state index is 13.6. The number of rotatable bonds is 4. The lowest BCUT2D eigenvalue weighted by molar-refractivity contribution is 0.0650. The molecule has 2 rings (SSSR count). The van der Waals surface area contributed by atoms with E-state index in [0.29, 0.717) is 24.6 Å². The molecule has 1 aromatic carbocycles. The Morgan fingerprint density at radius 1 is 1.50 bits per heavy atom. The van der Waals surface area contributed by atoms with Gasteiger partial charge in [-0.15, -0.1) is 0 Å². The van der Waals surface area contributed by atoms with E-state index in [9.17, 15) is 9.18 Å². The van der Waals surface area contributed by atoms with Crippen LogP contribution in [0.25, 0.3) is 0 Å². The van der Waals surface area contributed by atoms with Crippen LogP contribution in [0.1, 0.15) is 36.5 Å². The summed E-state index contributed by atoms with van der Waals surface area (Å²) in [6, 6.07) is 4.74. The predicted molar refractivity (Wildman–Crippen MR) is 81.0 cm³/mol. The molecule has 110 valence electrons. The van der Waals surface area contributed by atoms with Crippen LogP contribution in [-0.2, 0) is 0 Å². The van der Waals surface area contributed by atoms with E-state index in [0.717, 1.165) is 19.3 Å². The fourth-order valence-corrected chi connectivity index (χ4v) is 3.49. The zero-order valence-corrected chi connectivity index (χ0v) is 13.2. The summed E-state index contributed by atoms with van der Waals surface area (Å²) in [5.41, 5.74) is 6.19. The molecule has 1 aliphatic carbocycles. The molecule has 1 aromatic rings. The van der Waals surface area contributed by atoms with Crippen molar-refractivity contribution in [3.05, 3.63) is 34.1 Å². The van der Waals surface area contributed by atoms with Gasteiger partial charge in [0.2, 0.25) is 0 Å². The minimum Gasteiger partial charge on any atom is -0.336 e. The van der Waals surface area contributed by atoms with Gasteiger partial charge in [-0.1, -0.05) is 12.5 Å². The first kappa shape index (κ1) is 15.4. The number of hydrogen-bond donors (Lipinski definition) is 1. The number of benzene rings is 1. The molecule has 1 saturated carbocycles. The minimum absolute atomic E-state index is 0.121. The van der Waals surface area contributed by atoms with Gasteiger partial charge in [0.15, 0.2) is 0 Å². The van der Waals surface area contributed by atoms with Gasteiger partial charge in [-0.3, -0.25) is 4.79 Å². The van der Waals surface area contributed by atoms with Gasteiger partial charge in [0.05, 0.1) is 10.0 Å². The first-order valence-electron chi connectivity index (χ1n) is 7.05. The van der Waals surface area contributed by atoms with Gasteiger partial charge < -0.3 is 10.6 Å². The lowest BCUT2D eigenvalue weighted by Gasteiger charge is -2.32. The molecule has 1 fully saturated rings. The van der Waals surface area contributed by atoms with Crippen molar-refractivity contribution >= 4 is 21.8 Å². The molecule has 2 unspecified atom stereocenters. The smallest absolute Gasteiger partial charge is 0.255 e. The van der Waals surface area contributed by atoms with Gasteiger partial charge in [-0.2, -0.15) is 0 Å². The summed E-state index contributed by atoms with van der Waals surface area (Å²) in [5.74, 6) is -0.177. The molecular weight excluding hydrogens is 323 g/mol. The SMILES string of the molecule is CCN(C(=O)c1cccc(F)c1Br)C1CCCC1CN. The van der Waals surface area contributed by atoms with Crippen LogP contribution in [0.2, 0.25) is 0 Å². The Labute approximate surface area is 127 Å². The Morgan fingerprint density at radius 3 is 2.90 bits per heavy atom. The van der Waals surface area contributed by atoms with Gasteiger partial charge in [0, 0.05) is 12.6 Å². The lowest BCUT2D eigenvalue weighted by Crippen LogP contribution is -2.44. The quantitative estimate of drug-likeness (QED) is 0.913. The first-order chi connectivity index (χ1) is 9.60. The number of hydrogen-bond acceptors (Lipinski definition) is 2. The second-order valence-electron chi connectivity index (χ2n) is 5.19. The molecule has 20 heavy (non-hydrogen) atoms. The van der Waals surface area contributed by atoms with Gasteiger partial charge in [0.1, 0.15) is 5.82 Å². The summed E-state index contributed by atoms with van der Waals surface area (Å²) in [5, 5.41) is 0. The molecule has 0 aliphatic heterocycles. The molecule has 0 bridgehead atoms. The average Bonchev–Trinajstić information content (AvgIpc) is 2.91. The van der Waals surface area contributed by atoms with E-state index in [1.165, 1.54) is 6.07 Å². The Kier molecular flexibility index (Phi) is 5.16. The van der Waals surface area contributed by atoms with E-state index in [4.69, 9.17) is 5.73 Å². The molecule has 0 radical (unpaired) electrons. The number of carbonyl (C=O) groups is 1. The van der Waals surface area contributed by atoms with E-state index < -0.39 is 5.82 Å². The molecule has 1 amide bonds. The second kappa shape index (κ2) is 6.68. The van der Waals surface area contributed by atoms with Crippen molar-refractivity contribution in [3.63, 3.8) is 0 Å². The average molecular weight is 343 g/mol. The van der Waals surface area contributed by atoms with Crippen LogP contribution in [0.5, 0.6) is 0 Å². The molecular formula is C15H20BrFN2O. The number of nitrogens with zero attached hydrogens (tertiary/aromatic N) is 1. The van der Waals surface area contributed by atoms with E-state index >= 15 is 0 Å². The van der Waals surface area contributed by atoms with Gasteiger partial charge in [-0.25, -0.2) is 4.39 Å². The summed E-state index contributed by atoms with van der Waals surface area (Å²) < 4.78 is 13.8. The van der Waals surface area contributed by atoms with Crippen molar-refractivity contribution in [1.82, 2.24) is 4.90 Å². The summed E-state index contributed by atoms with van der Waals surface area (Å²) in [4.78, 5) is 14.5. The summed E-state index contributed by atoms with van der Waals surface area (Å²) in [7, 11) is 0. The van der Waals surface area contributed by atoms with Crippen LogP contribution in [0, 0.1) is 11.7 Å². The third-order valence-corrected chi connectivity index (χ3v) is 4.91. The standard InChI is InChI=1S/C15H20BrFN2O/c1-2-19(13-8-3-5-10(13)9-18)15(20)11-6-4-7-12(17)14(11)16/h4,6-7,10,13H,2-3,5,8-9,18H2,1H3.